The van der Waals surface area contributed by atoms with Crippen molar-refractivity contribution in [1.82, 2.24) is 0 Å². The molecule has 0 bridgehead atoms. The molecule has 0 radical (unpaired) electrons. The summed E-state index contributed by atoms with van der Waals surface area (Å²) in [6, 6.07) is 0. The molecule has 0 atom stereocenters. The van der Waals surface area contributed by atoms with Gasteiger partial charge in [-0.1, -0.05) is 0 Å². The summed E-state index contributed by atoms with van der Waals surface area (Å²) < 4.78 is 17.8. The van der Waals surface area contributed by atoms with Crippen LogP contribution >= 0.6 is 15.6 Å². The maximum absolute atomic E-state index is 8.88. The van der Waals surface area contributed by atoms with Crippen LogP contribution in [-0.2, 0) is 28.6 Å². The quantitative estimate of drug-likeness (QED) is 0.221. The van der Waals surface area contributed by atoms with Gasteiger partial charge < -0.3 is 32.2 Å². The predicted molar refractivity (Wildman–Crippen MR) is 36.5 cm³/mol. The van der Waals surface area contributed by atoms with E-state index in [0.29, 0.717) is 0 Å². The monoisotopic (exact) mass is 302 g/mol. The van der Waals surface area contributed by atoms with E-state index < -0.39 is 15.6 Å². The molecule has 8 nitrogen and oxygen atoms in total. The van der Waals surface area contributed by atoms with Crippen molar-refractivity contribution in [2.45, 2.75) is 0 Å². The van der Waals surface area contributed by atoms with Crippen LogP contribution in [0.4, 0.5) is 0 Å². The summed E-state index contributed by atoms with van der Waals surface area (Å²) in [5.74, 6) is 0. The summed E-state index contributed by atoms with van der Waals surface area (Å²) in [5, 5.41) is 0. The molecule has 0 amide bonds. The Kier molecular flexibility index (Phi) is 19.1. The fraction of sp³-hybridized carbons (Fsp3) is 0. The number of hydrogen-bond acceptors (Lipinski definition) is 2. The fourth-order valence-electron chi connectivity index (χ4n) is 0. The average Bonchev–Trinajstić information content (AvgIpc) is 1.12. The molecule has 0 unspecified atom stereocenters. The molecule has 0 aromatic rings. The molecule has 0 aromatic heterocycles. The van der Waals surface area contributed by atoms with Gasteiger partial charge in [0.1, 0.15) is 0 Å². The van der Waals surface area contributed by atoms with E-state index in [1.54, 1.807) is 0 Å². The number of hydrogen-bond donors (Lipinski definition) is 6. The van der Waals surface area contributed by atoms with Gasteiger partial charge in [0.2, 0.25) is 0 Å². The SMILES string of the molecule is O=P(O)(O)O.O=P(O)(O)O.[Ca+2].[H-].[H-].[Zn]. The van der Waals surface area contributed by atoms with Gasteiger partial charge in [-0.15, -0.1) is 0 Å². The van der Waals surface area contributed by atoms with Crippen LogP contribution in [0.2, 0.25) is 0 Å². The molecule has 0 aromatic carbocycles. The molecule has 6 N–H and O–H groups in total. The molecule has 0 aliphatic rings. The van der Waals surface area contributed by atoms with Gasteiger partial charge in [0.25, 0.3) is 0 Å². The Hall–Kier alpha value is 2.10. The normalized spacial score (nSPS) is 9.83. The van der Waals surface area contributed by atoms with Crippen molar-refractivity contribution in [3.63, 3.8) is 0 Å². The van der Waals surface area contributed by atoms with Gasteiger partial charge in [-0.2, -0.15) is 0 Å². The first-order valence-electron chi connectivity index (χ1n) is 1.57. The summed E-state index contributed by atoms with van der Waals surface area (Å²) in [4.78, 5) is 43.1. The fourth-order valence-corrected chi connectivity index (χ4v) is 0. The number of phosphoric acid groups is 2. The van der Waals surface area contributed by atoms with E-state index in [1.807, 2.05) is 0 Å². The van der Waals surface area contributed by atoms with Gasteiger partial charge in [0.15, 0.2) is 0 Å². The van der Waals surface area contributed by atoms with Crippen molar-refractivity contribution in [3.8, 4) is 0 Å². The largest absolute Gasteiger partial charge is 2.00 e. The first-order chi connectivity index (χ1) is 4.00. The zero-order valence-electron chi connectivity index (χ0n) is 7.81. The molecule has 12 heavy (non-hydrogen) atoms. The van der Waals surface area contributed by atoms with Gasteiger partial charge in [0, 0.05) is 19.5 Å². The van der Waals surface area contributed by atoms with Gasteiger partial charge in [0.05, 0.1) is 0 Å². The topological polar surface area (TPSA) is 156 Å². The van der Waals surface area contributed by atoms with Crippen LogP contribution in [0.25, 0.3) is 0 Å². The van der Waals surface area contributed by atoms with Crippen molar-refractivity contribution in [1.29, 1.82) is 0 Å². The minimum Gasteiger partial charge on any atom is -1.00 e. The van der Waals surface area contributed by atoms with E-state index in [1.165, 1.54) is 0 Å². The van der Waals surface area contributed by atoms with Crippen LogP contribution in [0.3, 0.4) is 0 Å². The number of rotatable bonds is 0. The van der Waals surface area contributed by atoms with Crippen molar-refractivity contribution in [2.75, 3.05) is 0 Å². The van der Waals surface area contributed by atoms with E-state index in [9.17, 15) is 0 Å². The summed E-state index contributed by atoms with van der Waals surface area (Å²) in [5.41, 5.74) is 0. The maximum Gasteiger partial charge on any atom is 2.00 e. The first kappa shape index (κ1) is 23.7. The smallest absolute Gasteiger partial charge is 1.00 e. The molecular formula is H8CaO8P2Zn. The third-order valence-corrected chi connectivity index (χ3v) is 0. The zero-order valence-corrected chi connectivity index (χ0v) is 12.8. The van der Waals surface area contributed by atoms with Gasteiger partial charge in [-0.25, -0.2) is 9.13 Å². The van der Waals surface area contributed by atoms with E-state index in [2.05, 4.69) is 0 Å². The second kappa shape index (κ2) is 9.65. The summed E-state index contributed by atoms with van der Waals surface area (Å²) in [6.45, 7) is 0. The maximum atomic E-state index is 8.88. The van der Waals surface area contributed by atoms with Crippen molar-refractivity contribution >= 4 is 53.4 Å². The van der Waals surface area contributed by atoms with E-state index in [-0.39, 0.29) is 60.1 Å². The molecule has 0 saturated carbocycles. The molecule has 0 aliphatic heterocycles. The average molecular weight is 303 g/mol. The first-order valence-corrected chi connectivity index (χ1v) is 4.70. The predicted octanol–water partition coefficient (Wildman–Crippen LogP) is -2.02. The minimum atomic E-state index is -4.64. The Morgan fingerprint density at radius 2 is 0.750 bits per heavy atom. The van der Waals surface area contributed by atoms with Crippen LogP contribution in [0.5, 0.6) is 0 Å². The van der Waals surface area contributed by atoms with Gasteiger partial charge in [-0.3, -0.25) is 0 Å². The molecule has 0 heterocycles. The Morgan fingerprint density at radius 1 is 0.750 bits per heavy atom. The Bertz CT molecular complexity index is 138. The minimum absolute atomic E-state index is 0. The van der Waals surface area contributed by atoms with Crippen LogP contribution in [-0.4, -0.2) is 67.1 Å². The van der Waals surface area contributed by atoms with Crippen LogP contribution in [0, 0.1) is 0 Å². The van der Waals surface area contributed by atoms with Crippen LogP contribution in [0.15, 0.2) is 0 Å². The zero-order chi connectivity index (χ0) is 9.00. The van der Waals surface area contributed by atoms with Crippen molar-refractivity contribution in [2.24, 2.45) is 0 Å². The molecule has 70 valence electrons. The Labute approximate surface area is 113 Å². The second-order valence-electron chi connectivity index (χ2n) is 1.03. The van der Waals surface area contributed by atoms with Crippen molar-refractivity contribution in [3.05, 3.63) is 0 Å². The standard InChI is InChI=1S/Ca.2H3O4P.Zn.2H/c;2*1-5(2,3)4;;;/h;2*(H3,1,2,3,4);;;/q+2;;;;2*-1. The second-order valence-corrected chi connectivity index (χ2v) is 3.08. The molecule has 12 heteroatoms. The van der Waals surface area contributed by atoms with Crippen LogP contribution in [0.1, 0.15) is 2.85 Å². The van der Waals surface area contributed by atoms with E-state index >= 15 is 0 Å². The molecule has 0 fully saturated rings. The molecular weight excluding hydrogens is 295 g/mol. The third-order valence-electron chi connectivity index (χ3n) is 0. The van der Waals surface area contributed by atoms with Gasteiger partial charge in [-0.05, 0) is 0 Å². The van der Waals surface area contributed by atoms with Crippen molar-refractivity contribution < 1.29 is 60.8 Å². The third kappa shape index (κ3) is 337. The van der Waals surface area contributed by atoms with E-state index in [4.69, 9.17) is 38.5 Å². The summed E-state index contributed by atoms with van der Waals surface area (Å²) in [6.07, 6.45) is 0. The van der Waals surface area contributed by atoms with Crippen LogP contribution < -0.4 is 0 Å². The molecule has 0 rings (SSSR count). The Morgan fingerprint density at radius 3 is 0.750 bits per heavy atom. The Balaban J connectivity index is -0.0000000178. The van der Waals surface area contributed by atoms with E-state index in [0.717, 1.165) is 0 Å². The summed E-state index contributed by atoms with van der Waals surface area (Å²) >= 11 is 0. The molecule has 0 spiro atoms. The molecule has 0 saturated heterocycles. The molecule has 0 aliphatic carbocycles. The summed E-state index contributed by atoms with van der Waals surface area (Å²) in [7, 11) is -9.28. The van der Waals surface area contributed by atoms with Gasteiger partial charge >= 0.3 is 53.4 Å².